The molecule has 1 aromatic carbocycles. The molecule has 0 saturated carbocycles. The van der Waals surface area contributed by atoms with E-state index in [2.05, 4.69) is 43.7 Å². The SMILES string of the molecule is BrC(Br)C#Cc1ccccc1. The van der Waals surface area contributed by atoms with E-state index >= 15 is 0 Å². The molecule has 0 spiro atoms. The highest BCUT2D eigenvalue weighted by molar-refractivity contribution is 9.24. The van der Waals surface area contributed by atoms with Crippen molar-refractivity contribution in [2.24, 2.45) is 0 Å². The second-order valence-electron chi connectivity index (χ2n) is 1.94. The Kier molecular flexibility index (Phi) is 3.68. The Morgan fingerprint density at radius 3 is 2.27 bits per heavy atom. The number of hydrogen-bond acceptors (Lipinski definition) is 0. The molecule has 0 radical (unpaired) electrons. The van der Waals surface area contributed by atoms with Crippen molar-refractivity contribution in [2.75, 3.05) is 0 Å². The van der Waals surface area contributed by atoms with E-state index < -0.39 is 0 Å². The molecule has 0 aliphatic heterocycles. The van der Waals surface area contributed by atoms with Crippen LogP contribution in [0.25, 0.3) is 0 Å². The molecule has 0 N–H and O–H groups in total. The van der Waals surface area contributed by atoms with E-state index in [4.69, 9.17) is 0 Å². The van der Waals surface area contributed by atoms with Crippen molar-refractivity contribution in [3.63, 3.8) is 0 Å². The molecular formula is C9H6Br2. The molecule has 0 atom stereocenters. The van der Waals surface area contributed by atoms with Crippen LogP contribution in [0.5, 0.6) is 0 Å². The summed E-state index contributed by atoms with van der Waals surface area (Å²) >= 11 is 6.55. The van der Waals surface area contributed by atoms with Crippen molar-refractivity contribution >= 4 is 31.9 Å². The van der Waals surface area contributed by atoms with E-state index in [0.29, 0.717) is 0 Å². The lowest BCUT2D eigenvalue weighted by atomic mass is 10.2. The third kappa shape index (κ3) is 3.60. The third-order valence-corrected chi connectivity index (χ3v) is 1.56. The molecule has 0 bridgehead atoms. The zero-order chi connectivity index (χ0) is 8.10. The predicted molar refractivity (Wildman–Crippen MR) is 55.0 cm³/mol. The lowest BCUT2D eigenvalue weighted by Crippen LogP contribution is -1.76. The number of halogens is 2. The smallest absolute Gasteiger partial charge is 0.0711 e. The Balaban J connectivity index is 2.75. The highest BCUT2D eigenvalue weighted by Gasteiger charge is 1.86. The first kappa shape index (κ1) is 8.83. The van der Waals surface area contributed by atoms with Crippen LogP contribution in [0.4, 0.5) is 0 Å². The maximum absolute atomic E-state index is 3.27. The van der Waals surface area contributed by atoms with E-state index in [9.17, 15) is 0 Å². The molecule has 1 rings (SSSR count). The molecule has 0 aliphatic rings. The summed E-state index contributed by atoms with van der Waals surface area (Å²) in [5, 5.41) is 0. The van der Waals surface area contributed by atoms with Crippen molar-refractivity contribution in [3.05, 3.63) is 35.9 Å². The molecule has 0 aromatic heterocycles. The lowest BCUT2D eigenvalue weighted by Gasteiger charge is -1.86. The van der Waals surface area contributed by atoms with Gasteiger partial charge >= 0.3 is 0 Å². The molecule has 0 heterocycles. The number of alkyl halides is 2. The van der Waals surface area contributed by atoms with Crippen molar-refractivity contribution in [1.29, 1.82) is 0 Å². The molecular weight excluding hydrogens is 268 g/mol. The first-order valence-corrected chi connectivity index (χ1v) is 4.97. The van der Waals surface area contributed by atoms with Gasteiger partial charge in [-0.25, -0.2) is 0 Å². The minimum absolute atomic E-state index is 0.0789. The Morgan fingerprint density at radius 2 is 1.73 bits per heavy atom. The molecule has 11 heavy (non-hydrogen) atoms. The van der Waals surface area contributed by atoms with E-state index in [1.165, 1.54) is 0 Å². The maximum Gasteiger partial charge on any atom is 0.130 e. The van der Waals surface area contributed by atoms with Gasteiger partial charge in [-0.15, -0.1) is 0 Å². The second kappa shape index (κ2) is 4.58. The van der Waals surface area contributed by atoms with Crippen LogP contribution in [-0.2, 0) is 0 Å². The molecule has 0 amide bonds. The van der Waals surface area contributed by atoms with E-state index in [1.54, 1.807) is 0 Å². The quantitative estimate of drug-likeness (QED) is 0.503. The van der Waals surface area contributed by atoms with Crippen LogP contribution < -0.4 is 0 Å². The van der Waals surface area contributed by atoms with Gasteiger partial charge in [0.25, 0.3) is 0 Å². The Hall–Kier alpha value is -0.260. The largest absolute Gasteiger partial charge is 0.130 e. The average Bonchev–Trinajstić information content (AvgIpc) is 2.03. The van der Waals surface area contributed by atoms with E-state index in [-0.39, 0.29) is 3.74 Å². The summed E-state index contributed by atoms with van der Waals surface area (Å²) in [5.74, 6) is 5.95. The van der Waals surface area contributed by atoms with Gasteiger partial charge in [-0.1, -0.05) is 61.9 Å². The van der Waals surface area contributed by atoms with Gasteiger partial charge in [0, 0.05) is 5.56 Å². The fourth-order valence-corrected chi connectivity index (χ4v) is 0.888. The van der Waals surface area contributed by atoms with Crippen LogP contribution >= 0.6 is 31.9 Å². The molecule has 1 aromatic rings. The van der Waals surface area contributed by atoms with Gasteiger partial charge in [0.2, 0.25) is 0 Å². The van der Waals surface area contributed by atoms with E-state index in [0.717, 1.165) is 5.56 Å². The van der Waals surface area contributed by atoms with Crippen molar-refractivity contribution in [1.82, 2.24) is 0 Å². The van der Waals surface area contributed by atoms with Gasteiger partial charge in [0.05, 0.1) is 0 Å². The standard InChI is InChI=1S/C9H6Br2/c10-9(11)7-6-8-4-2-1-3-5-8/h1-5,9H. The Morgan fingerprint density at radius 1 is 1.09 bits per heavy atom. The first-order valence-electron chi connectivity index (χ1n) is 3.14. The van der Waals surface area contributed by atoms with Gasteiger partial charge in [-0.05, 0) is 12.1 Å². The average molecular weight is 274 g/mol. The zero-order valence-corrected chi connectivity index (χ0v) is 8.89. The predicted octanol–water partition coefficient (Wildman–Crippen LogP) is 3.15. The summed E-state index contributed by atoms with van der Waals surface area (Å²) in [6.45, 7) is 0. The summed E-state index contributed by atoms with van der Waals surface area (Å²) in [4.78, 5) is 0. The van der Waals surface area contributed by atoms with Crippen LogP contribution in [0, 0.1) is 11.8 Å². The van der Waals surface area contributed by atoms with Crippen LogP contribution in [0.3, 0.4) is 0 Å². The monoisotopic (exact) mass is 272 g/mol. The van der Waals surface area contributed by atoms with Crippen LogP contribution in [0.15, 0.2) is 30.3 Å². The Labute approximate surface area is 83.3 Å². The highest BCUT2D eigenvalue weighted by Crippen LogP contribution is 2.05. The summed E-state index contributed by atoms with van der Waals surface area (Å²) < 4.78 is 0.0789. The number of hydrogen-bond donors (Lipinski definition) is 0. The van der Waals surface area contributed by atoms with Gasteiger partial charge in [-0.2, -0.15) is 0 Å². The molecule has 2 heteroatoms. The van der Waals surface area contributed by atoms with Crippen molar-refractivity contribution in [2.45, 2.75) is 3.74 Å². The summed E-state index contributed by atoms with van der Waals surface area (Å²) in [7, 11) is 0. The maximum atomic E-state index is 3.27. The minimum Gasteiger partial charge on any atom is -0.0711 e. The minimum atomic E-state index is 0.0789. The van der Waals surface area contributed by atoms with Gasteiger partial charge in [0.15, 0.2) is 0 Å². The third-order valence-electron chi connectivity index (χ3n) is 1.10. The molecule has 56 valence electrons. The normalized spacial score (nSPS) is 9.00. The molecule has 0 saturated heterocycles. The molecule has 0 nitrogen and oxygen atoms in total. The Bertz CT molecular complexity index is 267. The molecule has 0 aliphatic carbocycles. The summed E-state index contributed by atoms with van der Waals surface area (Å²) in [5.41, 5.74) is 1.04. The molecule has 0 fully saturated rings. The van der Waals surface area contributed by atoms with Crippen molar-refractivity contribution < 1.29 is 0 Å². The van der Waals surface area contributed by atoms with Gasteiger partial charge in [0.1, 0.15) is 3.74 Å². The van der Waals surface area contributed by atoms with Gasteiger partial charge < -0.3 is 0 Å². The highest BCUT2D eigenvalue weighted by atomic mass is 79.9. The fourth-order valence-electron chi connectivity index (χ4n) is 0.659. The first-order chi connectivity index (χ1) is 5.29. The second-order valence-corrected chi connectivity index (χ2v) is 5.00. The number of benzene rings is 1. The lowest BCUT2D eigenvalue weighted by molar-refractivity contribution is 1.64. The van der Waals surface area contributed by atoms with Crippen LogP contribution in [-0.4, -0.2) is 3.74 Å². The fraction of sp³-hybridized carbons (Fsp3) is 0.111. The topological polar surface area (TPSA) is 0 Å². The molecule has 0 unspecified atom stereocenters. The zero-order valence-electron chi connectivity index (χ0n) is 5.72. The number of rotatable bonds is 0. The summed E-state index contributed by atoms with van der Waals surface area (Å²) in [6.07, 6.45) is 0. The van der Waals surface area contributed by atoms with Crippen LogP contribution in [0.1, 0.15) is 5.56 Å². The summed E-state index contributed by atoms with van der Waals surface area (Å²) in [6, 6.07) is 9.89. The van der Waals surface area contributed by atoms with Gasteiger partial charge in [-0.3, -0.25) is 0 Å². The van der Waals surface area contributed by atoms with E-state index in [1.807, 2.05) is 30.3 Å². The van der Waals surface area contributed by atoms with Crippen LogP contribution in [0.2, 0.25) is 0 Å². The van der Waals surface area contributed by atoms with Crippen molar-refractivity contribution in [3.8, 4) is 11.8 Å².